The minimum atomic E-state index is 0.0124. The van der Waals surface area contributed by atoms with Gasteiger partial charge in [-0.05, 0) is 48.2 Å². The summed E-state index contributed by atoms with van der Waals surface area (Å²) in [6.45, 7) is 1.51. The van der Waals surface area contributed by atoms with Crippen LogP contribution in [0.25, 0.3) is 0 Å². The average Bonchev–Trinajstić information content (AvgIpc) is 2.73. The summed E-state index contributed by atoms with van der Waals surface area (Å²) in [5, 5.41) is 6.67. The van der Waals surface area contributed by atoms with Crippen LogP contribution in [-0.4, -0.2) is 58.5 Å². The van der Waals surface area contributed by atoms with Crippen LogP contribution in [0.15, 0.2) is 53.5 Å². The van der Waals surface area contributed by atoms with E-state index in [1.54, 1.807) is 26.0 Å². The van der Waals surface area contributed by atoms with Crippen LogP contribution in [-0.2, 0) is 13.0 Å². The third-order valence-electron chi connectivity index (χ3n) is 4.68. The number of carbonyl (C=O) groups excluding carboxylic acids is 1. The molecule has 0 aliphatic heterocycles. The summed E-state index contributed by atoms with van der Waals surface area (Å²) in [5.74, 6) is 0.791. The minimum Gasteiger partial charge on any atom is -0.378 e. The lowest BCUT2D eigenvalue weighted by molar-refractivity contribution is 0.0827. The number of rotatable bonds is 8. The molecule has 0 saturated carbocycles. The van der Waals surface area contributed by atoms with Gasteiger partial charge in [0, 0.05) is 59.6 Å². The van der Waals surface area contributed by atoms with Gasteiger partial charge >= 0.3 is 0 Å². The van der Waals surface area contributed by atoms with E-state index in [-0.39, 0.29) is 5.91 Å². The molecule has 2 aromatic rings. The van der Waals surface area contributed by atoms with Crippen molar-refractivity contribution in [3.05, 3.63) is 65.2 Å². The van der Waals surface area contributed by atoms with Gasteiger partial charge in [0.25, 0.3) is 5.91 Å². The maximum atomic E-state index is 11.9. The zero-order chi connectivity index (χ0) is 21.2. The second-order valence-corrected chi connectivity index (χ2v) is 7.41. The first-order valence-electron chi connectivity index (χ1n) is 9.92. The number of nitrogens with one attached hydrogen (secondary N) is 2. The summed E-state index contributed by atoms with van der Waals surface area (Å²) < 4.78 is 0. The molecule has 156 valence electrons. The number of hydrogen-bond donors (Lipinski definition) is 2. The number of carbonyl (C=O) groups is 1. The quantitative estimate of drug-likeness (QED) is 0.410. The fourth-order valence-corrected chi connectivity index (χ4v) is 2.89. The molecular formula is C23H33N5O. The number of nitrogens with zero attached hydrogens (tertiary/aromatic N) is 3. The highest BCUT2D eigenvalue weighted by atomic mass is 16.2. The Bertz CT molecular complexity index is 795. The van der Waals surface area contributed by atoms with Crippen LogP contribution in [0.5, 0.6) is 0 Å². The molecule has 6 heteroatoms. The van der Waals surface area contributed by atoms with E-state index >= 15 is 0 Å². The van der Waals surface area contributed by atoms with Crippen molar-refractivity contribution in [2.24, 2.45) is 4.99 Å². The Morgan fingerprint density at radius 3 is 2.07 bits per heavy atom. The lowest BCUT2D eigenvalue weighted by Crippen LogP contribution is -2.37. The first kappa shape index (κ1) is 22.3. The van der Waals surface area contributed by atoms with Crippen molar-refractivity contribution >= 4 is 17.6 Å². The van der Waals surface area contributed by atoms with Crippen LogP contribution in [0.2, 0.25) is 0 Å². The van der Waals surface area contributed by atoms with Crippen LogP contribution in [0, 0.1) is 0 Å². The third-order valence-corrected chi connectivity index (χ3v) is 4.68. The van der Waals surface area contributed by atoms with Gasteiger partial charge in [-0.2, -0.15) is 0 Å². The molecule has 0 bridgehead atoms. The molecule has 0 unspecified atom stereocenters. The van der Waals surface area contributed by atoms with Gasteiger partial charge in [-0.15, -0.1) is 0 Å². The van der Waals surface area contributed by atoms with Gasteiger partial charge < -0.3 is 20.4 Å². The fraction of sp³-hybridized carbons (Fsp3) is 0.391. The molecule has 0 aromatic heterocycles. The van der Waals surface area contributed by atoms with Gasteiger partial charge in [0.2, 0.25) is 0 Å². The molecule has 2 N–H and O–H groups in total. The number of hydrogen-bond acceptors (Lipinski definition) is 3. The summed E-state index contributed by atoms with van der Waals surface area (Å²) in [6.07, 6.45) is 2.06. The molecule has 6 nitrogen and oxygen atoms in total. The normalized spacial score (nSPS) is 11.1. The molecule has 0 atom stereocenters. The second kappa shape index (κ2) is 11.1. The molecule has 0 fully saturated rings. The second-order valence-electron chi connectivity index (χ2n) is 7.41. The third kappa shape index (κ3) is 7.14. The van der Waals surface area contributed by atoms with E-state index in [1.807, 2.05) is 24.3 Å². The SMILES string of the molecule is CN=C(NCCCc1ccc(N(C)C)cc1)NCc1ccc(C(=O)N(C)C)cc1. The molecule has 29 heavy (non-hydrogen) atoms. The van der Waals surface area contributed by atoms with E-state index in [0.29, 0.717) is 12.1 Å². The fourth-order valence-electron chi connectivity index (χ4n) is 2.89. The molecule has 0 saturated heterocycles. The van der Waals surface area contributed by atoms with Gasteiger partial charge in [-0.25, -0.2) is 0 Å². The maximum absolute atomic E-state index is 11.9. The maximum Gasteiger partial charge on any atom is 0.253 e. The van der Waals surface area contributed by atoms with Crippen LogP contribution >= 0.6 is 0 Å². The van der Waals surface area contributed by atoms with E-state index in [2.05, 4.69) is 58.9 Å². The van der Waals surface area contributed by atoms with Gasteiger partial charge in [0.15, 0.2) is 5.96 Å². The van der Waals surface area contributed by atoms with Crippen molar-refractivity contribution in [2.45, 2.75) is 19.4 Å². The van der Waals surface area contributed by atoms with Crippen LogP contribution < -0.4 is 15.5 Å². The monoisotopic (exact) mass is 395 g/mol. The van der Waals surface area contributed by atoms with Crippen LogP contribution in [0.1, 0.15) is 27.9 Å². The molecule has 2 rings (SSSR count). The molecule has 0 heterocycles. The number of aryl methyl sites for hydroxylation is 1. The van der Waals surface area contributed by atoms with Gasteiger partial charge in [0.05, 0.1) is 0 Å². The number of anilines is 1. The van der Waals surface area contributed by atoms with Crippen LogP contribution in [0.4, 0.5) is 5.69 Å². The lowest BCUT2D eigenvalue weighted by Gasteiger charge is -2.14. The van der Waals surface area contributed by atoms with E-state index < -0.39 is 0 Å². The minimum absolute atomic E-state index is 0.0124. The Balaban J connectivity index is 1.73. The van der Waals surface area contributed by atoms with Crippen molar-refractivity contribution in [1.29, 1.82) is 0 Å². The highest BCUT2D eigenvalue weighted by Gasteiger charge is 2.07. The summed E-state index contributed by atoms with van der Waals surface area (Å²) in [5.41, 5.74) is 4.35. The zero-order valence-electron chi connectivity index (χ0n) is 18.2. The lowest BCUT2D eigenvalue weighted by atomic mass is 10.1. The van der Waals surface area contributed by atoms with Gasteiger partial charge in [-0.1, -0.05) is 24.3 Å². The summed E-state index contributed by atoms with van der Waals surface area (Å²) in [7, 11) is 9.39. The first-order chi connectivity index (χ1) is 13.9. The molecule has 1 amide bonds. The Kier molecular flexibility index (Phi) is 8.52. The predicted molar refractivity (Wildman–Crippen MR) is 122 cm³/mol. The Morgan fingerprint density at radius 1 is 0.897 bits per heavy atom. The molecule has 0 radical (unpaired) electrons. The van der Waals surface area contributed by atoms with E-state index in [4.69, 9.17) is 0 Å². The molecule has 0 aliphatic carbocycles. The first-order valence-corrected chi connectivity index (χ1v) is 9.92. The van der Waals surface area contributed by atoms with Crippen molar-refractivity contribution in [3.8, 4) is 0 Å². The molecule has 2 aromatic carbocycles. The van der Waals surface area contributed by atoms with Crippen LogP contribution in [0.3, 0.4) is 0 Å². The number of benzene rings is 2. The van der Waals surface area contributed by atoms with Crippen molar-refractivity contribution in [1.82, 2.24) is 15.5 Å². The average molecular weight is 396 g/mol. The molecule has 0 spiro atoms. The highest BCUT2D eigenvalue weighted by Crippen LogP contribution is 2.13. The smallest absolute Gasteiger partial charge is 0.253 e. The largest absolute Gasteiger partial charge is 0.378 e. The summed E-state index contributed by atoms with van der Waals surface area (Å²) in [6, 6.07) is 16.3. The topological polar surface area (TPSA) is 60.0 Å². The molecular weight excluding hydrogens is 362 g/mol. The van der Waals surface area contributed by atoms with E-state index in [0.717, 1.165) is 30.9 Å². The Hall–Kier alpha value is -3.02. The Labute approximate surface area is 174 Å². The van der Waals surface area contributed by atoms with Crippen molar-refractivity contribution < 1.29 is 4.79 Å². The Morgan fingerprint density at radius 2 is 1.52 bits per heavy atom. The molecule has 0 aliphatic rings. The summed E-state index contributed by atoms with van der Waals surface area (Å²) >= 11 is 0. The summed E-state index contributed by atoms with van der Waals surface area (Å²) in [4.78, 5) is 19.9. The number of amides is 1. The van der Waals surface area contributed by atoms with E-state index in [9.17, 15) is 4.79 Å². The van der Waals surface area contributed by atoms with Crippen molar-refractivity contribution in [2.75, 3.05) is 46.7 Å². The number of guanidine groups is 1. The predicted octanol–water partition coefficient (Wildman–Crippen LogP) is 2.75. The number of aliphatic imine (C=N–C) groups is 1. The van der Waals surface area contributed by atoms with E-state index in [1.165, 1.54) is 11.3 Å². The zero-order valence-corrected chi connectivity index (χ0v) is 18.2. The van der Waals surface area contributed by atoms with Gasteiger partial charge in [0.1, 0.15) is 0 Å². The van der Waals surface area contributed by atoms with Crippen molar-refractivity contribution in [3.63, 3.8) is 0 Å². The van der Waals surface area contributed by atoms with Gasteiger partial charge in [-0.3, -0.25) is 9.79 Å². The standard InChI is InChI=1S/C23H33N5O/c1-24-23(25-16-6-7-18-10-14-21(15-11-18)27(2)3)26-17-19-8-12-20(13-9-19)22(29)28(4)5/h8-15H,6-7,16-17H2,1-5H3,(H2,24,25,26). The highest BCUT2D eigenvalue weighted by molar-refractivity contribution is 5.93.